The van der Waals surface area contributed by atoms with Gasteiger partial charge in [-0.3, -0.25) is 0 Å². The van der Waals surface area contributed by atoms with E-state index in [2.05, 4.69) is 4.74 Å². The Morgan fingerprint density at radius 1 is 0.211 bits per heavy atom. The van der Waals surface area contributed by atoms with Gasteiger partial charge in [0.2, 0.25) is 0 Å². The van der Waals surface area contributed by atoms with Gasteiger partial charge in [0.25, 0.3) is 0 Å². The second-order valence-corrected chi connectivity index (χ2v) is 11.1. The Balaban J connectivity index is 5.96. The predicted molar refractivity (Wildman–Crippen MR) is 111 cm³/mol. The molecular formula is C22H12F34O. The first-order chi connectivity index (χ1) is 24.2. The van der Waals surface area contributed by atoms with Gasteiger partial charge in [0.05, 0.1) is 0 Å². The van der Waals surface area contributed by atoms with Crippen molar-refractivity contribution in [1.82, 2.24) is 0 Å². The summed E-state index contributed by atoms with van der Waals surface area (Å²) < 4.78 is 453. The maximum absolute atomic E-state index is 13.8. The third kappa shape index (κ3) is 7.75. The Morgan fingerprint density at radius 3 is 0.544 bits per heavy atom. The average Bonchev–Trinajstić information content (AvgIpc) is 2.98. The second kappa shape index (κ2) is 14.6. The summed E-state index contributed by atoms with van der Waals surface area (Å²) in [7, 11) is 0. The molecule has 0 aromatic heterocycles. The molecule has 1 nitrogen and oxygen atoms in total. The first-order valence-electron chi connectivity index (χ1n) is 13.2. The predicted octanol–water partition coefficient (Wildman–Crippen LogP) is 12.6. The number of halogens is 34. The molecule has 57 heavy (non-hydrogen) atoms. The van der Waals surface area contributed by atoms with Gasteiger partial charge in [-0.1, -0.05) is 0 Å². The van der Waals surface area contributed by atoms with Crippen LogP contribution in [0.5, 0.6) is 0 Å². The third-order valence-electron chi connectivity index (χ3n) is 7.13. The summed E-state index contributed by atoms with van der Waals surface area (Å²) in [5.74, 6) is -118. The van der Waals surface area contributed by atoms with Crippen molar-refractivity contribution in [3.05, 3.63) is 0 Å². The van der Waals surface area contributed by atoms with Gasteiger partial charge >= 0.3 is 95.3 Å². The van der Waals surface area contributed by atoms with Crippen molar-refractivity contribution in [1.29, 1.82) is 0 Å². The van der Waals surface area contributed by atoms with E-state index < -0.39 is 134 Å². The van der Waals surface area contributed by atoms with Crippen LogP contribution in [0.25, 0.3) is 0 Å². The highest BCUT2D eigenvalue weighted by Gasteiger charge is 2.96. The molecule has 344 valence electrons. The van der Waals surface area contributed by atoms with Crippen LogP contribution >= 0.6 is 0 Å². The lowest BCUT2D eigenvalue weighted by Gasteiger charge is -2.42. The first kappa shape index (κ1) is 54.6. The number of ether oxygens (including phenoxy) is 1. The standard InChI is InChI=1S/C22H12F34O/c23-7(24,9(27,28)11(31,32)13(35,36)15(39,40)17(43,44)19(47,48)21(51,52)53)3-1-5-57-6-2-4-8(25,26)10(29,30)12(33,34)14(37,38)16(41,42)18(45,46)20(49,50)22(54,55)56/h1-6H2. The zero-order valence-corrected chi connectivity index (χ0v) is 25.5. The number of hydrogen-bond donors (Lipinski definition) is 0. The quantitative estimate of drug-likeness (QED) is 0.0873. The Labute approximate surface area is 289 Å². The van der Waals surface area contributed by atoms with Gasteiger partial charge in [0.1, 0.15) is 0 Å². The summed E-state index contributed by atoms with van der Waals surface area (Å²) in [5, 5.41) is 0. The van der Waals surface area contributed by atoms with E-state index >= 15 is 0 Å². The van der Waals surface area contributed by atoms with E-state index in [4.69, 9.17) is 0 Å². The largest absolute Gasteiger partial charge is 0.460 e. The van der Waals surface area contributed by atoms with Gasteiger partial charge in [-0.15, -0.1) is 0 Å². The summed E-state index contributed by atoms with van der Waals surface area (Å²) >= 11 is 0. The molecule has 0 heterocycles. The molecule has 0 saturated heterocycles. The SMILES string of the molecule is FC(F)(F)C(F)(F)C(F)(F)C(F)(F)C(F)(F)C(F)(F)C(F)(F)C(F)(F)CCCOCCCC(F)(F)C(F)(F)C(F)(F)C(F)(F)C(F)(F)C(F)(F)C(F)(F)C(F)(F)F. The van der Waals surface area contributed by atoms with Gasteiger partial charge < -0.3 is 4.74 Å². The monoisotopic (exact) mass is 938 g/mol. The molecule has 0 rings (SSSR count). The van der Waals surface area contributed by atoms with Crippen molar-refractivity contribution < 1.29 is 154 Å². The van der Waals surface area contributed by atoms with Crippen LogP contribution in [0.15, 0.2) is 0 Å². The molecule has 0 unspecified atom stereocenters. The maximum atomic E-state index is 13.8. The molecule has 0 N–H and O–H groups in total. The Kier molecular flexibility index (Phi) is 14.0. The fraction of sp³-hybridized carbons (Fsp3) is 1.00. The molecule has 0 radical (unpaired) electrons. The van der Waals surface area contributed by atoms with Crippen LogP contribution in [0, 0.1) is 0 Å². The minimum Gasteiger partial charge on any atom is -0.381 e. The molecule has 0 spiro atoms. The van der Waals surface area contributed by atoms with Gasteiger partial charge in [-0.25, -0.2) is 0 Å². The van der Waals surface area contributed by atoms with Crippen LogP contribution in [0.4, 0.5) is 149 Å². The van der Waals surface area contributed by atoms with E-state index in [0.29, 0.717) is 0 Å². The average molecular weight is 938 g/mol. The highest BCUT2D eigenvalue weighted by molar-refractivity contribution is 5.16. The molecule has 35 heteroatoms. The van der Waals surface area contributed by atoms with Crippen LogP contribution in [0.1, 0.15) is 25.7 Å². The molecule has 0 aromatic carbocycles. The summed E-state index contributed by atoms with van der Waals surface area (Å²) in [6.07, 6.45) is -26.8. The van der Waals surface area contributed by atoms with E-state index in [1.165, 1.54) is 0 Å². The second-order valence-electron chi connectivity index (χ2n) is 11.1. The van der Waals surface area contributed by atoms with Crippen LogP contribution < -0.4 is 0 Å². The van der Waals surface area contributed by atoms with Crippen molar-refractivity contribution in [2.45, 2.75) is 121 Å². The third-order valence-corrected chi connectivity index (χ3v) is 7.13. The molecule has 0 amide bonds. The minimum atomic E-state index is -8.97. The molecule has 0 bridgehead atoms. The summed E-state index contributed by atoms with van der Waals surface area (Å²) in [5.41, 5.74) is 0. The van der Waals surface area contributed by atoms with Gasteiger partial charge in [-0.2, -0.15) is 149 Å². The molecule has 0 aliphatic heterocycles. The fourth-order valence-electron chi connectivity index (χ4n) is 3.60. The molecule has 0 atom stereocenters. The Hall–Kier alpha value is -2.42. The van der Waals surface area contributed by atoms with Crippen LogP contribution in [-0.4, -0.2) is 108 Å². The van der Waals surface area contributed by atoms with E-state index in [1.54, 1.807) is 0 Å². The van der Waals surface area contributed by atoms with E-state index in [0.717, 1.165) is 0 Å². The number of rotatable bonds is 20. The highest BCUT2D eigenvalue weighted by Crippen LogP contribution is 2.66. The molecule has 0 aliphatic carbocycles. The maximum Gasteiger partial charge on any atom is 0.460 e. The van der Waals surface area contributed by atoms with Crippen LogP contribution in [0.2, 0.25) is 0 Å². The highest BCUT2D eigenvalue weighted by atomic mass is 19.4. The lowest BCUT2D eigenvalue weighted by Crippen LogP contribution is -2.74. The molecule has 0 fully saturated rings. The van der Waals surface area contributed by atoms with Crippen molar-refractivity contribution in [3.63, 3.8) is 0 Å². The molecule has 0 aromatic rings. The van der Waals surface area contributed by atoms with Crippen molar-refractivity contribution >= 4 is 0 Å². The van der Waals surface area contributed by atoms with E-state index in [1.807, 2.05) is 0 Å². The van der Waals surface area contributed by atoms with Crippen LogP contribution in [0.3, 0.4) is 0 Å². The van der Waals surface area contributed by atoms with Crippen LogP contribution in [-0.2, 0) is 4.74 Å². The van der Waals surface area contributed by atoms with Gasteiger partial charge in [0.15, 0.2) is 0 Å². The zero-order valence-electron chi connectivity index (χ0n) is 25.5. The smallest absolute Gasteiger partial charge is 0.381 e. The zero-order chi connectivity index (χ0) is 46.9. The van der Waals surface area contributed by atoms with Crippen molar-refractivity contribution in [2.75, 3.05) is 13.2 Å². The fourth-order valence-corrected chi connectivity index (χ4v) is 3.60. The van der Waals surface area contributed by atoms with Gasteiger partial charge in [-0.05, 0) is 12.8 Å². The number of alkyl halides is 34. The lowest BCUT2D eigenvalue weighted by atomic mass is 9.88. The lowest BCUT2D eigenvalue weighted by molar-refractivity contribution is -0.461. The van der Waals surface area contributed by atoms with E-state index in [-0.39, 0.29) is 0 Å². The van der Waals surface area contributed by atoms with E-state index in [9.17, 15) is 149 Å². The Morgan fingerprint density at radius 2 is 0.368 bits per heavy atom. The first-order valence-corrected chi connectivity index (χ1v) is 13.2. The molecule has 0 aliphatic rings. The van der Waals surface area contributed by atoms with Crippen molar-refractivity contribution in [3.8, 4) is 0 Å². The minimum absolute atomic E-state index is 1.94. The number of hydrogen-bond acceptors (Lipinski definition) is 1. The molecule has 0 saturated carbocycles. The normalized spacial score (nSPS) is 16.7. The summed E-state index contributed by atoms with van der Waals surface area (Å²) in [4.78, 5) is 0. The van der Waals surface area contributed by atoms with Gasteiger partial charge in [0, 0.05) is 26.1 Å². The summed E-state index contributed by atoms with van der Waals surface area (Å²) in [6, 6.07) is 0. The topological polar surface area (TPSA) is 9.23 Å². The Bertz CT molecular complexity index is 1260. The molecular weight excluding hydrogens is 926 g/mol. The van der Waals surface area contributed by atoms with Crippen molar-refractivity contribution in [2.24, 2.45) is 0 Å². The summed E-state index contributed by atoms with van der Waals surface area (Å²) in [6.45, 7) is -3.88.